The lowest BCUT2D eigenvalue weighted by Gasteiger charge is -2.16. The Kier molecular flexibility index (Phi) is 4.21. The molecule has 1 amide bonds. The third-order valence-corrected chi connectivity index (χ3v) is 4.67. The Bertz CT molecular complexity index is 685. The van der Waals surface area contributed by atoms with E-state index in [4.69, 9.17) is 9.52 Å². The van der Waals surface area contributed by atoms with E-state index in [2.05, 4.69) is 18.3 Å². The minimum atomic E-state index is 0.00581. The Morgan fingerprint density at radius 3 is 2.86 bits per heavy atom. The first-order chi connectivity index (χ1) is 10.6. The second kappa shape index (κ2) is 6.13. The molecule has 1 aliphatic rings. The molecule has 1 aliphatic carbocycles. The van der Waals surface area contributed by atoms with Crippen molar-refractivity contribution >= 4 is 16.9 Å². The Hall–Kier alpha value is -1.81. The van der Waals surface area contributed by atoms with Crippen LogP contribution < -0.4 is 5.32 Å². The fourth-order valence-electron chi connectivity index (χ4n) is 3.02. The van der Waals surface area contributed by atoms with Gasteiger partial charge in [-0.3, -0.25) is 4.79 Å². The van der Waals surface area contributed by atoms with Gasteiger partial charge in [-0.15, -0.1) is 0 Å². The van der Waals surface area contributed by atoms with Crippen LogP contribution in [0.4, 0.5) is 0 Å². The van der Waals surface area contributed by atoms with Crippen LogP contribution in [0, 0.1) is 19.8 Å². The number of aliphatic hydroxyl groups excluding tert-OH is 1. The summed E-state index contributed by atoms with van der Waals surface area (Å²) in [7, 11) is 0. The molecule has 118 valence electrons. The van der Waals surface area contributed by atoms with Gasteiger partial charge >= 0.3 is 0 Å². The first-order valence-electron chi connectivity index (χ1n) is 7.96. The van der Waals surface area contributed by atoms with Crippen molar-refractivity contribution in [3.63, 3.8) is 0 Å². The molecule has 3 rings (SSSR count). The molecule has 22 heavy (non-hydrogen) atoms. The third-order valence-electron chi connectivity index (χ3n) is 4.67. The Labute approximate surface area is 130 Å². The van der Waals surface area contributed by atoms with Crippen LogP contribution in [-0.2, 0) is 11.2 Å². The van der Waals surface area contributed by atoms with Crippen LogP contribution >= 0.6 is 0 Å². The second-order valence-electron chi connectivity index (χ2n) is 6.35. The number of furan rings is 1. The summed E-state index contributed by atoms with van der Waals surface area (Å²) in [6.07, 6.45) is 4.95. The summed E-state index contributed by atoms with van der Waals surface area (Å²) in [5, 5.41) is 13.2. The molecule has 1 aromatic heterocycles. The molecule has 1 saturated carbocycles. The van der Waals surface area contributed by atoms with E-state index in [0.717, 1.165) is 34.9 Å². The van der Waals surface area contributed by atoms with Crippen molar-refractivity contribution in [1.29, 1.82) is 0 Å². The maximum absolute atomic E-state index is 12.3. The minimum Gasteiger partial charge on any atom is -0.464 e. The smallest absolute Gasteiger partial charge is 0.224 e. The van der Waals surface area contributed by atoms with Gasteiger partial charge in [0.2, 0.25) is 5.91 Å². The summed E-state index contributed by atoms with van der Waals surface area (Å²) < 4.78 is 5.65. The van der Waals surface area contributed by atoms with Crippen LogP contribution in [0.1, 0.15) is 36.0 Å². The van der Waals surface area contributed by atoms with Gasteiger partial charge in [-0.25, -0.2) is 0 Å². The molecule has 1 fully saturated rings. The highest BCUT2D eigenvalue weighted by Gasteiger charge is 2.31. The molecule has 0 spiro atoms. The average molecular weight is 301 g/mol. The molecule has 0 saturated heterocycles. The van der Waals surface area contributed by atoms with E-state index in [1.165, 1.54) is 5.56 Å². The molecule has 2 aromatic rings. The van der Waals surface area contributed by atoms with E-state index in [0.29, 0.717) is 18.8 Å². The van der Waals surface area contributed by atoms with Crippen molar-refractivity contribution in [2.24, 2.45) is 5.92 Å². The van der Waals surface area contributed by atoms with Crippen LogP contribution in [0.15, 0.2) is 22.8 Å². The number of aryl methyl sites for hydroxylation is 2. The van der Waals surface area contributed by atoms with Gasteiger partial charge in [-0.2, -0.15) is 0 Å². The lowest BCUT2D eigenvalue weighted by molar-refractivity contribution is -0.121. The van der Waals surface area contributed by atoms with Crippen LogP contribution in [-0.4, -0.2) is 23.7 Å². The topological polar surface area (TPSA) is 62.5 Å². The van der Waals surface area contributed by atoms with Crippen molar-refractivity contribution in [1.82, 2.24) is 5.32 Å². The van der Waals surface area contributed by atoms with E-state index in [-0.39, 0.29) is 18.6 Å². The standard InChI is InChI=1S/C18H23NO3/c1-11-3-6-15-14(10-22-18(15)12(11)2)9-17(21)19-16(7-8-20)13-4-5-13/h3,6,10,13,16,20H,4-5,7-9H2,1-2H3,(H,19,21). The number of nitrogens with one attached hydrogen (secondary N) is 1. The molecule has 2 N–H and O–H groups in total. The van der Waals surface area contributed by atoms with Crippen LogP contribution in [0.2, 0.25) is 0 Å². The van der Waals surface area contributed by atoms with E-state index >= 15 is 0 Å². The van der Waals surface area contributed by atoms with Gasteiger partial charge in [0.15, 0.2) is 0 Å². The molecule has 0 radical (unpaired) electrons. The summed E-state index contributed by atoms with van der Waals surface area (Å²) in [6, 6.07) is 4.20. The SMILES string of the molecule is Cc1ccc2c(CC(=O)NC(CCO)C3CC3)coc2c1C. The molecule has 4 nitrogen and oxygen atoms in total. The van der Waals surface area contributed by atoms with E-state index in [9.17, 15) is 4.79 Å². The monoisotopic (exact) mass is 301 g/mol. The predicted octanol–water partition coefficient (Wildman–Crippen LogP) is 2.87. The van der Waals surface area contributed by atoms with E-state index in [1.54, 1.807) is 6.26 Å². The zero-order valence-corrected chi connectivity index (χ0v) is 13.2. The number of amides is 1. The zero-order valence-electron chi connectivity index (χ0n) is 13.2. The lowest BCUT2D eigenvalue weighted by atomic mass is 10.0. The summed E-state index contributed by atoms with van der Waals surface area (Å²) in [5.74, 6) is 0.549. The van der Waals surface area contributed by atoms with Crippen molar-refractivity contribution in [2.45, 2.75) is 45.6 Å². The molecule has 1 heterocycles. The number of rotatable bonds is 6. The largest absolute Gasteiger partial charge is 0.464 e. The molecular formula is C18H23NO3. The highest BCUT2D eigenvalue weighted by atomic mass is 16.3. The van der Waals surface area contributed by atoms with Crippen molar-refractivity contribution < 1.29 is 14.3 Å². The zero-order chi connectivity index (χ0) is 15.7. The third kappa shape index (κ3) is 3.02. The second-order valence-corrected chi connectivity index (χ2v) is 6.35. The Morgan fingerprint density at radius 1 is 1.41 bits per heavy atom. The van der Waals surface area contributed by atoms with Gasteiger partial charge in [-0.1, -0.05) is 12.1 Å². The van der Waals surface area contributed by atoms with Gasteiger partial charge < -0.3 is 14.8 Å². The van der Waals surface area contributed by atoms with Crippen molar-refractivity contribution in [3.8, 4) is 0 Å². The maximum atomic E-state index is 12.3. The highest BCUT2D eigenvalue weighted by molar-refractivity contribution is 5.89. The molecule has 1 aromatic carbocycles. The van der Waals surface area contributed by atoms with Gasteiger partial charge in [-0.05, 0) is 50.2 Å². The number of hydrogen-bond acceptors (Lipinski definition) is 3. The summed E-state index contributed by atoms with van der Waals surface area (Å²) >= 11 is 0. The van der Waals surface area contributed by atoms with Gasteiger partial charge in [0.05, 0.1) is 12.7 Å². The number of carbonyl (C=O) groups is 1. The molecular weight excluding hydrogens is 278 g/mol. The highest BCUT2D eigenvalue weighted by Crippen LogP contribution is 2.34. The summed E-state index contributed by atoms with van der Waals surface area (Å²) in [6.45, 7) is 4.21. The fraction of sp³-hybridized carbons (Fsp3) is 0.500. The van der Waals surface area contributed by atoms with Crippen LogP contribution in [0.3, 0.4) is 0 Å². The lowest BCUT2D eigenvalue weighted by Crippen LogP contribution is -2.38. The van der Waals surface area contributed by atoms with E-state index in [1.807, 2.05) is 13.0 Å². The molecule has 1 unspecified atom stereocenters. The number of hydrogen-bond donors (Lipinski definition) is 2. The number of carbonyl (C=O) groups excluding carboxylic acids is 1. The maximum Gasteiger partial charge on any atom is 0.224 e. The Balaban J connectivity index is 1.72. The Morgan fingerprint density at radius 2 is 2.18 bits per heavy atom. The fourth-order valence-corrected chi connectivity index (χ4v) is 3.02. The minimum absolute atomic E-state index is 0.00581. The summed E-state index contributed by atoms with van der Waals surface area (Å²) in [5.41, 5.74) is 4.11. The van der Waals surface area contributed by atoms with Crippen LogP contribution in [0.5, 0.6) is 0 Å². The van der Waals surface area contributed by atoms with Gasteiger partial charge in [0.25, 0.3) is 0 Å². The van der Waals surface area contributed by atoms with Gasteiger partial charge in [0.1, 0.15) is 5.58 Å². The van der Waals surface area contributed by atoms with Crippen molar-refractivity contribution in [2.75, 3.05) is 6.61 Å². The van der Waals surface area contributed by atoms with Crippen LogP contribution in [0.25, 0.3) is 11.0 Å². The van der Waals surface area contributed by atoms with E-state index < -0.39 is 0 Å². The number of fused-ring (bicyclic) bond motifs is 1. The van der Waals surface area contributed by atoms with Gasteiger partial charge in [0, 0.05) is 23.6 Å². The molecule has 1 atom stereocenters. The quantitative estimate of drug-likeness (QED) is 0.862. The average Bonchev–Trinajstić information content (AvgIpc) is 3.25. The molecule has 0 bridgehead atoms. The first-order valence-corrected chi connectivity index (χ1v) is 7.96. The molecule has 0 aliphatic heterocycles. The number of benzene rings is 1. The normalized spacial score (nSPS) is 16.0. The van der Waals surface area contributed by atoms with Crippen molar-refractivity contribution in [3.05, 3.63) is 35.1 Å². The first kappa shape index (κ1) is 15.1. The number of aliphatic hydroxyl groups is 1. The predicted molar refractivity (Wildman–Crippen MR) is 85.7 cm³/mol. The summed E-state index contributed by atoms with van der Waals surface area (Å²) in [4.78, 5) is 12.3. The molecule has 4 heteroatoms.